The third-order valence-corrected chi connectivity index (χ3v) is 4.97. The van der Waals surface area contributed by atoms with Gasteiger partial charge in [0.1, 0.15) is 5.75 Å². The summed E-state index contributed by atoms with van der Waals surface area (Å²) in [7, 11) is 2.96. The second-order valence-corrected chi connectivity index (χ2v) is 6.78. The molecule has 1 aliphatic rings. The number of esters is 1. The van der Waals surface area contributed by atoms with Crippen LogP contribution in [0.5, 0.6) is 5.75 Å². The molecule has 1 unspecified atom stereocenters. The minimum absolute atomic E-state index is 0.0504. The van der Waals surface area contributed by atoms with Crippen molar-refractivity contribution in [3.63, 3.8) is 0 Å². The average molecular weight is 374 g/mol. The summed E-state index contributed by atoms with van der Waals surface area (Å²) >= 11 is 0. The summed E-state index contributed by atoms with van der Waals surface area (Å²) in [6, 6.07) is 7.00. The first-order chi connectivity index (χ1) is 13.0. The lowest BCUT2D eigenvalue weighted by Crippen LogP contribution is -2.42. The van der Waals surface area contributed by atoms with E-state index >= 15 is 0 Å². The molecule has 0 aromatic heterocycles. The van der Waals surface area contributed by atoms with Crippen LogP contribution < -0.4 is 4.74 Å². The zero-order valence-electron chi connectivity index (χ0n) is 16.0. The van der Waals surface area contributed by atoms with E-state index < -0.39 is 0 Å². The average Bonchev–Trinajstić information content (AvgIpc) is 2.94. The maximum Gasteiger partial charge on any atom is 0.305 e. The topological polar surface area (TPSA) is 105 Å². The Hall–Kier alpha value is -2.73. The molecular weight excluding hydrogens is 348 g/mol. The summed E-state index contributed by atoms with van der Waals surface area (Å²) in [5.41, 5.74) is 9.97. The lowest BCUT2D eigenvalue weighted by molar-refractivity contribution is -0.140. The maximum absolute atomic E-state index is 12.6. The first-order valence-electron chi connectivity index (χ1n) is 9.03. The molecule has 1 fully saturated rings. The van der Waals surface area contributed by atoms with Crippen molar-refractivity contribution < 1.29 is 19.1 Å². The number of hydrogen-bond donors (Lipinski definition) is 0. The number of carbonyl (C=O) groups excluding carboxylic acids is 2. The van der Waals surface area contributed by atoms with Crippen LogP contribution in [0.3, 0.4) is 0 Å². The number of carbonyl (C=O) groups is 2. The van der Waals surface area contributed by atoms with Crippen molar-refractivity contribution in [2.75, 3.05) is 14.2 Å². The Kier molecular flexibility index (Phi) is 7.49. The van der Waals surface area contributed by atoms with E-state index in [2.05, 4.69) is 14.8 Å². The van der Waals surface area contributed by atoms with Gasteiger partial charge in [0.25, 0.3) is 0 Å². The van der Waals surface area contributed by atoms with E-state index in [1.807, 2.05) is 31.2 Å². The first kappa shape index (κ1) is 20.6. The lowest BCUT2D eigenvalue weighted by Gasteiger charge is -2.32. The Balaban J connectivity index is 2.13. The van der Waals surface area contributed by atoms with Gasteiger partial charge < -0.3 is 14.4 Å². The second-order valence-electron chi connectivity index (χ2n) is 6.78. The molecular formula is C19H26N4O4. The molecule has 0 aliphatic carbocycles. The van der Waals surface area contributed by atoms with Gasteiger partial charge in [0.15, 0.2) is 0 Å². The van der Waals surface area contributed by atoms with E-state index in [1.165, 1.54) is 7.11 Å². The molecule has 0 N–H and O–H groups in total. The van der Waals surface area contributed by atoms with Crippen LogP contribution in [-0.2, 0) is 20.9 Å². The summed E-state index contributed by atoms with van der Waals surface area (Å²) in [4.78, 5) is 28.7. The van der Waals surface area contributed by atoms with Crippen molar-refractivity contribution in [3.05, 3.63) is 40.3 Å². The molecule has 8 nitrogen and oxygen atoms in total. The maximum atomic E-state index is 12.6. The predicted octanol–water partition coefficient (Wildman–Crippen LogP) is 3.45. The standard InChI is InChI=1S/C19H26N4O4/c1-13-11-17(24)23(12-14-7-9-15(26-2)10-8-14)19(13)16(21-22-20)5-4-6-18(25)27-3/h7-10,13,16,19H,4-6,11-12H2,1-3H3/t13-,16?,19+/m1/s1. The fourth-order valence-electron chi connectivity index (χ4n) is 3.62. The van der Waals surface area contributed by atoms with Crippen LogP contribution in [0.2, 0.25) is 0 Å². The summed E-state index contributed by atoms with van der Waals surface area (Å²) in [5.74, 6) is 0.588. The highest BCUT2D eigenvalue weighted by atomic mass is 16.5. The molecule has 1 heterocycles. The fraction of sp³-hybridized carbons (Fsp3) is 0.579. The van der Waals surface area contributed by atoms with Gasteiger partial charge in [0.05, 0.1) is 20.3 Å². The normalized spacial score (nSPS) is 20.1. The largest absolute Gasteiger partial charge is 0.497 e. The molecule has 1 saturated heterocycles. The van der Waals surface area contributed by atoms with Crippen molar-refractivity contribution in [3.8, 4) is 5.75 Å². The van der Waals surface area contributed by atoms with Gasteiger partial charge in [-0.05, 0) is 42.0 Å². The Bertz CT molecular complexity index is 700. The number of methoxy groups -OCH3 is 2. The van der Waals surface area contributed by atoms with Crippen LogP contribution in [0, 0.1) is 5.92 Å². The van der Waals surface area contributed by atoms with E-state index in [0.29, 0.717) is 25.8 Å². The Labute approximate surface area is 159 Å². The van der Waals surface area contributed by atoms with E-state index in [0.717, 1.165) is 11.3 Å². The summed E-state index contributed by atoms with van der Waals surface area (Å²) < 4.78 is 9.83. The Morgan fingerprint density at radius 2 is 2.07 bits per heavy atom. The first-order valence-corrected chi connectivity index (χ1v) is 9.03. The highest BCUT2D eigenvalue weighted by Gasteiger charge is 2.41. The van der Waals surface area contributed by atoms with Gasteiger partial charge >= 0.3 is 5.97 Å². The number of ether oxygens (including phenoxy) is 2. The highest BCUT2D eigenvalue weighted by molar-refractivity contribution is 5.79. The van der Waals surface area contributed by atoms with Gasteiger partial charge in [-0.2, -0.15) is 0 Å². The molecule has 3 atom stereocenters. The van der Waals surface area contributed by atoms with Gasteiger partial charge in [-0.15, -0.1) is 0 Å². The van der Waals surface area contributed by atoms with Gasteiger partial charge in [-0.3, -0.25) is 9.59 Å². The van der Waals surface area contributed by atoms with Crippen LogP contribution in [0.25, 0.3) is 10.4 Å². The number of hydrogen-bond acceptors (Lipinski definition) is 5. The molecule has 1 aliphatic heterocycles. The molecule has 0 radical (unpaired) electrons. The Morgan fingerprint density at radius 1 is 1.37 bits per heavy atom. The molecule has 1 aromatic rings. The Morgan fingerprint density at radius 3 is 2.67 bits per heavy atom. The molecule has 8 heteroatoms. The van der Waals surface area contributed by atoms with Gasteiger partial charge in [-0.25, -0.2) is 0 Å². The molecule has 2 rings (SSSR count). The van der Waals surface area contributed by atoms with Crippen LogP contribution in [0.4, 0.5) is 0 Å². The van der Waals surface area contributed by atoms with Crippen LogP contribution in [-0.4, -0.2) is 43.1 Å². The summed E-state index contributed by atoms with van der Waals surface area (Å²) in [5, 5.41) is 3.95. The van der Waals surface area contributed by atoms with Gasteiger partial charge in [0, 0.05) is 30.3 Å². The van der Waals surface area contributed by atoms with Gasteiger partial charge in [0.2, 0.25) is 5.91 Å². The summed E-state index contributed by atoms with van der Waals surface area (Å²) in [6.45, 7) is 2.45. The number of likely N-dealkylation sites (tertiary alicyclic amines) is 1. The van der Waals surface area contributed by atoms with Crippen LogP contribution in [0.15, 0.2) is 29.4 Å². The predicted molar refractivity (Wildman–Crippen MR) is 99.9 cm³/mol. The van der Waals surface area contributed by atoms with Crippen molar-refractivity contribution in [2.45, 2.75) is 51.2 Å². The van der Waals surface area contributed by atoms with Crippen LogP contribution >= 0.6 is 0 Å². The third-order valence-electron chi connectivity index (χ3n) is 4.97. The van der Waals surface area contributed by atoms with Crippen molar-refractivity contribution in [2.24, 2.45) is 11.0 Å². The zero-order chi connectivity index (χ0) is 19.8. The molecule has 0 saturated carbocycles. The molecule has 1 aromatic carbocycles. The molecule has 1 amide bonds. The van der Waals surface area contributed by atoms with Crippen LogP contribution in [0.1, 0.15) is 38.2 Å². The number of nitrogens with zero attached hydrogens (tertiary/aromatic N) is 4. The quantitative estimate of drug-likeness (QED) is 0.286. The summed E-state index contributed by atoms with van der Waals surface area (Å²) in [6.07, 6.45) is 1.77. The second kappa shape index (κ2) is 9.83. The van der Waals surface area contributed by atoms with E-state index in [1.54, 1.807) is 12.0 Å². The van der Waals surface area contributed by atoms with Crippen molar-refractivity contribution in [1.82, 2.24) is 4.90 Å². The van der Waals surface area contributed by atoms with Gasteiger partial charge in [-0.1, -0.05) is 24.2 Å². The molecule has 0 bridgehead atoms. The molecule has 146 valence electrons. The molecule has 0 spiro atoms. The van der Waals surface area contributed by atoms with Crippen molar-refractivity contribution >= 4 is 11.9 Å². The fourth-order valence-corrected chi connectivity index (χ4v) is 3.62. The number of benzene rings is 1. The number of amides is 1. The minimum Gasteiger partial charge on any atom is -0.497 e. The smallest absolute Gasteiger partial charge is 0.305 e. The van der Waals surface area contributed by atoms with E-state index in [9.17, 15) is 9.59 Å². The minimum atomic E-state index is -0.376. The lowest BCUT2D eigenvalue weighted by atomic mass is 9.92. The number of rotatable bonds is 9. The third kappa shape index (κ3) is 5.37. The van der Waals surface area contributed by atoms with E-state index in [4.69, 9.17) is 10.3 Å². The SMILES string of the molecule is COC(=O)CCCC(N=[N+]=[N-])[C@@H]1[C@H](C)CC(=O)N1Cc1ccc(OC)cc1. The molecule has 27 heavy (non-hydrogen) atoms. The zero-order valence-corrected chi connectivity index (χ0v) is 16.0. The van der Waals surface area contributed by atoms with E-state index in [-0.39, 0.29) is 36.3 Å². The monoisotopic (exact) mass is 374 g/mol. The van der Waals surface area contributed by atoms with Crippen molar-refractivity contribution in [1.29, 1.82) is 0 Å². The number of azide groups is 1. The highest BCUT2D eigenvalue weighted by Crippen LogP contribution is 2.32.